The van der Waals surface area contributed by atoms with Crippen LogP contribution in [0.4, 0.5) is 0 Å². The van der Waals surface area contributed by atoms with E-state index < -0.39 is 10.0 Å². The number of nitrogens with zero attached hydrogens (tertiary/aromatic N) is 2. The molecule has 0 aliphatic heterocycles. The smallest absolute Gasteiger partial charge is 0.243 e. The Bertz CT molecular complexity index is 1060. The summed E-state index contributed by atoms with van der Waals surface area (Å²) in [5.74, 6) is 0.787. The van der Waals surface area contributed by atoms with Gasteiger partial charge in [-0.05, 0) is 43.7 Å². The third-order valence-corrected chi connectivity index (χ3v) is 7.22. The number of methoxy groups -OCH3 is 1. The largest absolute Gasteiger partial charge is 0.486 e. The lowest BCUT2D eigenvalue weighted by atomic mass is 10.2. The van der Waals surface area contributed by atoms with E-state index in [1.165, 1.54) is 15.6 Å². The average molecular weight is 447 g/mol. The minimum Gasteiger partial charge on any atom is -0.486 e. The molecular weight excluding hydrogens is 420 g/mol. The monoisotopic (exact) mass is 446 g/mol. The molecule has 0 N–H and O–H groups in total. The third kappa shape index (κ3) is 5.89. The first kappa shape index (κ1) is 22.4. The van der Waals surface area contributed by atoms with Gasteiger partial charge in [0.1, 0.15) is 17.4 Å². The van der Waals surface area contributed by atoms with Crippen LogP contribution in [0.3, 0.4) is 0 Å². The average Bonchev–Trinajstić information content (AvgIpc) is 3.17. The number of hydrogen-bond acceptors (Lipinski definition) is 6. The number of benzene rings is 2. The minimum absolute atomic E-state index is 0.181. The predicted molar refractivity (Wildman–Crippen MR) is 118 cm³/mol. The molecule has 30 heavy (non-hydrogen) atoms. The minimum atomic E-state index is -3.65. The maximum atomic E-state index is 13.1. The fourth-order valence-electron chi connectivity index (χ4n) is 2.86. The van der Waals surface area contributed by atoms with E-state index in [9.17, 15) is 8.42 Å². The van der Waals surface area contributed by atoms with E-state index in [1.54, 1.807) is 31.4 Å². The van der Waals surface area contributed by atoms with Crippen molar-refractivity contribution in [3.63, 3.8) is 0 Å². The van der Waals surface area contributed by atoms with Crippen LogP contribution in [-0.4, -0.2) is 38.0 Å². The summed E-state index contributed by atoms with van der Waals surface area (Å²) in [6, 6.07) is 14.7. The highest BCUT2D eigenvalue weighted by Gasteiger charge is 2.25. The van der Waals surface area contributed by atoms with Crippen molar-refractivity contribution in [1.29, 1.82) is 0 Å². The lowest BCUT2D eigenvalue weighted by Crippen LogP contribution is -2.33. The Morgan fingerprint density at radius 3 is 2.53 bits per heavy atom. The van der Waals surface area contributed by atoms with Crippen molar-refractivity contribution in [2.24, 2.45) is 0 Å². The molecule has 0 saturated carbocycles. The highest BCUT2D eigenvalue weighted by atomic mass is 32.2. The van der Waals surface area contributed by atoms with Gasteiger partial charge in [-0.25, -0.2) is 13.4 Å². The molecule has 0 spiro atoms. The number of aromatic nitrogens is 1. The van der Waals surface area contributed by atoms with Gasteiger partial charge in [0.05, 0.1) is 23.7 Å². The molecule has 1 aromatic heterocycles. The molecule has 1 heterocycles. The fraction of sp³-hybridized carbons (Fsp3) is 0.318. The van der Waals surface area contributed by atoms with E-state index in [0.29, 0.717) is 18.9 Å². The van der Waals surface area contributed by atoms with Gasteiger partial charge in [0.15, 0.2) is 0 Å². The zero-order valence-electron chi connectivity index (χ0n) is 17.4. The highest BCUT2D eigenvalue weighted by molar-refractivity contribution is 7.89. The molecule has 0 saturated heterocycles. The number of aryl methyl sites for hydroxylation is 2. The van der Waals surface area contributed by atoms with E-state index >= 15 is 0 Å². The third-order valence-electron chi connectivity index (χ3n) is 4.49. The van der Waals surface area contributed by atoms with Crippen molar-refractivity contribution in [3.05, 3.63) is 75.7 Å². The molecular formula is C22H26N2O4S2. The Hall–Kier alpha value is -2.26. The van der Waals surface area contributed by atoms with Gasteiger partial charge in [-0.3, -0.25) is 0 Å². The Morgan fingerprint density at radius 1 is 1.07 bits per heavy atom. The molecule has 160 valence electrons. The second kappa shape index (κ2) is 10.2. The van der Waals surface area contributed by atoms with Crippen LogP contribution in [0.1, 0.15) is 21.8 Å². The zero-order valence-corrected chi connectivity index (χ0v) is 19.0. The van der Waals surface area contributed by atoms with Crippen LogP contribution in [0.5, 0.6) is 5.75 Å². The van der Waals surface area contributed by atoms with Crippen LogP contribution in [-0.2, 0) is 27.9 Å². The normalized spacial score (nSPS) is 11.7. The Morgan fingerprint density at radius 2 is 1.83 bits per heavy atom. The van der Waals surface area contributed by atoms with E-state index in [1.807, 2.05) is 43.5 Å². The summed E-state index contributed by atoms with van der Waals surface area (Å²) in [6.07, 6.45) is 0. The molecule has 0 fully saturated rings. The number of ether oxygens (including phenoxy) is 2. The Balaban J connectivity index is 1.71. The predicted octanol–water partition coefficient (Wildman–Crippen LogP) is 4.18. The molecule has 0 atom stereocenters. The van der Waals surface area contributed by atoms with Crippen LogP contribution < -0.4 is 4.74 Å². The summed E-state index contributed by atoms with van der Waals surface area (Å²) in [5.41, 5.74) is 2.83. The lowest BCUT2D eigenvalue weighted by Gasteiger charge is -2.21. The molecule has 3 rings (SSSR count). The Kier molecular flexibility index (Phi) is 7.60. The number of sulfonamides is 1. The molecule has 0 unspecified atom stereocenters. The molecule has 6 nitrogen and oxygen atoms in total. The van der Waals surface area contributed by atoms with Gasteiger partial charge >= 0.3 is 0 Å². The van der Waals surface area contributed by atoms with Crippen LogP contribution in [0.2, 0.25) is 0 Å². The molecule has 0 aliphatic rings. The van der Waals surface area contributed by atoms with Crippen molar-refractivity contribution >= 4 is 21.4 Å². The van der Waals surface area contributed by atoms with Gasteiger partial charge in [0.25, 0.3) is 0 Å². The molecule has 3 aromatic rings. The molecule has 0 aliphatic carbocycles. The first-order valence-corrected chi connectivity index (χ1v) is 11.9. The topological polar surface area (TPSA) is 68.7 Å². The Labute approximate surface area is 182 Å². The van der Waals surface area contributed by atoms with Crippen LogP contribution in [0, 0.1) is 13.8 Å². The zero-order chi connectivity index (χ0) is 21.6. The van der Waals surface area contributed by atoms with Crippen molar-refractivity contribution in [2.75, 3.05) is 20.3 Å². The number of thiazole rings is 1. The number of rotatable bonds is 10. The van der Waals surface area contributed by atoms with E-state index in [4.69, 9.17) is 9.47 Å². The summed E-state index contributed by atoms with van der Waals surface area (Å²) >= 11 is 1.46. The lowest BCUT2D eigenvalue weighted by molar-refractivity contribution is 0.177. The quantitative estimate of drug-likeness (QED) is 0.467. The summed E-state index contributed by atoms with van der Waals surface area (Å²) in [6.45, 7) is 5.02. The van der Waals surface area contributed by atoms with E-state index in [2.05, 4.69) is 4.98 Å². The summed E-state index contributed by atoms with van der Waals surface area (Å²) in [7, 11) is -2.10. The molecule has 0 radical (unpaired) electrons. The van der Waals surface area contributed by atoms with Crippen LogP contribution >= 0.6 is 11.3 Å². The maximum absolute atomic E-state index is 13.1. The standard InChI is InChI=1S/C22H26N2O4S2/c1-17-7-9-21(10-8-17)30(25,26)24(11-12-27-3)14-19-16-29-22(23-19)15-28-20-6-4-5-18(2)13-20/h4-10,13,16H,11-12,14-15H2,1-3H3. The van der Waals surface area contributed by atoms with Gasteiger partial charge in [-0.2, -0.15) is 4.31 Å². The number of hydrogen-bond donors (Lipinski definition) is 0. The molecule has 0 bridgehead atoms. The first-order chi connectivity index (χ1) is 14.4. The van der Waals surface area contributed by atoms with Crippen LogP contribution in [0.25, 0.3) is 0 Å². The second-order valence-corrected chi connectivity index (χ2v) is 9.86. The summed E-state index contributed by atoms with van der Waals surface area (Å²) < 4.78 is 38.6. The van der Waals surface area contributed by atoms with Crippen LogP contribution in [0.15, 0.2) is 58.8 Å². The van der Waals surface area contributed by atoms with Crippen molar-refractivity contribution in [1.82, 2.24) is 9.29 Å². The van der Waals surface area contributed by atoms with Crippen molar-refractivity contribution in [3.8, 4) is 5.75 Å². The maximum Gasteiger partial charge on any atom is 0.243 e. The van der Waals surface area contributed by atoms with Gasteiger partial charge in [-0.15, -0.1) is 11.3 Å². The summed E-state index contributed by atoms with van der Waals surface area (Å²) in [4.78, 5) is 4.83. The van der Waals surface area contributed by atoms with Crippen molar-refractivity contribution < 1.29 is 17.9 Å². The SMILES string of the molecule is COCCN(Cc1csc(COc2cccc(C)c2)n1)S(=O)(=O)c1ccc(C)cc1. The summed E-state index contributed by atoms with van der Waals surface area (Å²) in [5, 5.41) is 2.67. The van der Waals surface area contributed by atoms with E-state index in [-0.39, 0.29) is 18.0 Å². The first-order valence-electron chi connectivity index (χ1n) is 9.57. The highest BCUT2D eigenvalue weighted by Crippen LogP contribution is 2.21. The molecule has 0 amide bonds. The fourth-order valence-corrected chi connectivity index (χ4v) is 4.95. The van der Waals surface area contributed by atoms with Gasteiger partial charge in [0, 0.05) is 19.0 Å². The second-order valence-electron chi connectivity index (χ2n) is 6.98. The van der Waals surface area contributed by atoms with Gasteiger partial charge < -0.3 is 9.47 Å². The van der Waals surface area contributed by atoms with Gasteiger partial charge in [0.2, 0.25) is 10.0 Å². The molecule has 8 heteroatoms. The molecule has 2 aromatic carbocycles. The van der Waals surface area contributed by atoms with Crippen molar-refractivity contribution in [2.45, 2.75) is 31.9 Å². The van der Waals surface area contributed by atoms with E-state index in [0.717, 1.165) is 21.9 Å². The van der Waals surface area contributed by atoms with Gasteiger partial charge in [-0.1, -0.05) is 29.8 Å².